The highest BCUT2D eigenvalue weighted by Gasteiger charge is 2.18. The van der Waals surface area contributed by atoms with Crippen LogP contribution in [0, 0.1) is 6.92 Å². The Labute approximate surface area is 184 Å². The molecule has 0 aliphatic heterocycles. The first-order valence-electron chi connectivity index (χ1n) is 10.1. The van der Waals surface area contributed by atoms with Gasteiger partial charge in [0.1, 0.15) is 12.4 Å². The molecule has 2 aromatic heterocycles. The predicted molar refractivity (Wildman–Crippen MR) is 123 cm³/mol. The van der Waals surface area contributed by atoms with Crippen LogP contribution < -0.4 is 15.6 Å². The summed E-state index contributed by atoms with van der Waals surface area (Å²) in [6.45, 7) is 4.11. The Morgan fingerprint density at radius 2 is 1.97 bits per heavy atom. The van der Waals surface area contributed by atoms with Gasteiger partial charge >= 0.3 is 0 Å². The number of aryl methyl sites for hydroxylation is 1. The average Bonchev–Trinajstić information content (AvgIpc) is 3.15. The number of anilines is 1. The minimum Gasteiger partial charge on any atom is -0.487 e. The number of amides is 1. The van der Waals surface area contributed by atoms with Crippen LogP contribution in [-0.2, 0) is 11.4 Å². The van der Waals surface area contributed by atoms with Crippen molar-refractivity contribution < 1.29 is 9.53 Å². The minimum absolute atomic E-state index is 0.0564. The second-order valence-electron chi connectivity index (χ2n) is 7.26. The quantitative estimate of drug-likeness (QED) is 0.455. The molecule has 1 amide bonds. The SMILES string of the molecule is CCC(C(=O)Nc1cccc(OCc2cc(=O)n3cc(C)sc3n2)c1)c1ccccc1. The Balaban J connectivity index is 1.45. The third-order valence-corrected chi connectivity index (χ3v) is 5.85. The Kier molecular flexibility index (Phi) is 6.13. The van der Waals surface area contributed by atoms with Gasteiger partial charge in [-0.05, 0) is 31.0 Å². The van der Waals surface area contributed by atoms with Gasteiger partial charge in [0.25, 0.3) is 5.56 Å². The zero-order valence-corrected chi connectivity index (χ0v) is 18.2. The molecule has 0 fully saturated rings. The van der Waals surface area contributed by atoms with Gasteiger partial charge in [0.2, 0.25) is 5.91 Å². The van der Waals surface area contributed by atoms with Gasteiger partial charge < -0.3 is 10.1 Å². The van der Waals surface area contributed by atoms with Crippen LogP contribution in [0.15, 0.2) is 71.7 Å². The van der Waals surface area contributed by atoms with Crippen LogP contribution in [0.3, 0.4) is 0 Å². The fourth-order valence-corrected chi connectivity index (χ4v) is 4.29. The molecule has 4 rings (SSSR count). The highest BCUT2D eigenvalue weighted by Crippen LogP contribution is 2.24. The van der Waals surface area contributed by atoms with E-state index in [9.17, 15) is 9.59 Å². The average molecular weight is 434 g/mol. The fourth-order valence-electron chi connectivity index (χ4n) is 3.44. The lowest BCUT2D eigenvalue weighted by molar-refractivity contribution is -0.117. The molecule has 1 atom stereocenters. The first kappa shape index (κ1) is 20.8. The summed E-state index contributed by atoms with van der Waals surface area (Å²) in [6, 6.07) is 18.5. The third kappa shape index (κ3) is 4.83. The summed E-state index contributed by atoms with van der Waals surface area (Å²) in [6.07, 6.45) is 2.49. The number of nitrogens with one attached hydrogen (secondary N) is 1. The van der Waals surface area contributed by atoms with E-state index < -0.39 is 0 Å². The Morgan fingerprint density at radius 3 is 2.74 bits per heavy atom. The number of fused-ring (bicyclic) bond motifs is 1. The lowest BCUT2D eigenvalue weighted by Crippen LogP contribution is -2.20. The van der Waals surface area contributed by atoms with E-state index in [0.717, 1.165) is 10.4 Å². The number of thiazole rings is 1. The van der Waals surface area contributed by atoms with Crippen molar-refractivity contribution in [1.82, 2.24) is 9.38 Å². The van der Waals surface area contributed by atoms with Crippen molar-refractivity contribution in [3.8, 4) is 5.75 Å². The number of carbonyl (C=O) groups excluding carboxylic acids is 1. The van der Waals surface area contributed by atoms with Crippen molar-refractivity contribution in [3.05, 3.63) is 93.3 Å². The lowest BCUT2D eigenvalue weighted by atomic mass is 9.95. The van der Waals surface area contributed by atoms with Crippen molar-refractivity contribution in [3.63, 3.8) is 0 Å². The molecular weight excluding hydrogens is 410 g/mol. The van der Waals surface area contributed by atoms with E-state index in [2.05, 4.69) is 10.3 Å². The number of aromatic nitrogens is 2. The number of carbonyl (C=O) groups is 1. The maximum Gasteiger partial charge on any atom is 0.258 e. The molecule has 1 N–H and O–H groups in total. The number of nitrogens with zero attached hydrogens (tertiary/aromatic N) is 2. The van der Waals surface area contributed by atoms with E-state index in [1.165, 1.54) is 21.8 Å². The van der Waals surface area contributed by atoms with Crippen molar-refractivity contribution in [2.24, 2.45) is 0 Å². The highest BCUT2D eigenvalue weighted by molar-refractivity contribution is 7.16. The lowest BCUT2D eigenvalue weighted by Gasteiger charge is -2.16. The first-order valence-corrected chi connectivity index (χ1v) is 10.9. The first-order chi connectivity index (χ1) is 15.0. The second kappa shape index (κ2) is 9.14. The van der Waals surface area contributed by atoms with Crippen LogP contribution in [-0.4, -0.2) is 15.3 Å². The molecule has 0 bridgehead atoms. The maximum absolute atomic E-state index is 12.8. The van der Waals surface area contributed by atoms with E-state index >= 15 is 0 Å². The topological polar surface area (TPSA) is 72.7 Å². The van der Waals surface area contributed by atoms with Gasteiger partial charge in [-0.1, -0.05) is 43.3 Å². The van der Waals surface area contributed by atoms with Crippen molar-refractivity contribution in [1.29, 1.82) is 0 Å². The monoisotopic (exact) mass is 433 g/mol. The molecule has 0 aliphatic rings. The molecule has 0 saturated heterocycles. The van der Waals surface area contributed by atoms with Gasteiger partial charge in [-0.25, -0.2) is 4.98 Å². The number of hydrogen-bond donors (Lipinski definition) is 1. The van der Waals surface area contributed by atoms with Crippen LogP contribution in [0.25, 0.3) is 4.96 Å². The Bertz CT molecular complexity index is 1260. The molecule has 31 heavy (non-hydrogen) atoms. The smallest absolute Gasteiger partial charge is 0.258 e. The Morgan fingerprint density at radius 1 is 1.16 bits per heavy atom. The van der Waals surface area contributed by atoms with Crippen LogP contribution in [0.2, 0.25) is 0 Å². The number of hydrogen-bond acceptors (Lipinski definition) is 5. The molecular formula is C24H23N3O3S. The number of benzene rings is 2. The van der Waals surface area contributed by atoms with Crippen molar-refractivity contribution in [2.75, 3.05) is 5.32 Å². The zero-order valence-electron chi connectivity index (χ0n) is 17.4. The minimum atomic E-state index is -0.219. The molecule has 0 aliphatic carbocycles. The van der Waals surface area contributed by atoms with Crippen LogP contribution in [0.1, 0.15) is 35.4 Å². The molecule has 7 heteroatoms. The highest BCUT2D eigenvalue weighted by atomic mass is 32.1. The largest absolute Gasteiger partial charge is 0.487 e. The van der Waals surface area contributed by atoms with Crippen molar-refractivity contribution >= 4 is 27.9 Å². The second-order valence-corrected chi connectivity index (χ2v) is 8.47. The molecule has 6 nitrogen and oxygen atoms in total. The molecule has 158 valence electrons. The number of rotatable bonds is 7. The van der Waals surface area contributed by atoms with E-state index in [0.29, 0.717) is 28.5 Å². The van der Waals surface area contributed by atoms with Gasteiger partial charge in [0.05, 0.1) is 11.6 Å². The molecule has 1 unspecified atom stereocenters. The fraction of sp³-hybridized carbons (Fsp3) is 0.208. The van der Waals surface area contributed by atoms with Gasteiger partial charge in [-0.2, -0.15) is 0 Å². The number of ether oxygens (including phenoxy) is 1. The summed E-state index contributed by atoms with van der Waals surface area (Å²) in [4.78, 5) is 31.2. The van der Waals surface area contributed by atoms with Gasteiger partial charge in [0.15, 0.2) is 4.96 Å². The molecule has 0 saturated carbocycles. The van der Waals surface area contributed by atoms with Gasteiger partial charge in [-0.15, -0.1) is 11.3 Å². The maximum atomic E-state index is 12.8. The van der Waals surface area contributed by atoms with E-state index in [4.69, 9.17) is 4.74 Å². The molecule has 4 aromatic rings. The van der Waals surface area contributed by atoms with Crippen LogP contribution >= 0.6 is 11.3 Å². The summed E-state index contributed by atoms with van der Waals surface area (Å²) in [5.74, 6) is 0.318. The van der Waals surface area contributed by atoms with Gasteiger partial charge in [-0.3, -0.25) is 14.0 Å². The van der Waals surface area contributed by atoms with E-state index in [-0.39, 0.29) is 24.0 Å². The normalized spacial score (nSPS) is 11.9. The summed E-state index contributed by atoms with van der Waals surface area (Å²) >= 11 is 1.46. The van der Waals surface area contributed by atoms with Crippen LogP contribution in [0.4, 0.5) is 5.69 Å². The standard InChI is InChI=1S/C24H23N3O3S/c1-3-21(17-8-5-4-6-9-17)23(29)25-18-10-7-11-20(12-18)30-15-19-13-22(28)27-14-16(2)31-24(27)26-19/h4-14,21H,3,15H2,1-2H3,(H,25,29). The summed E-state index contributed by atoms with van der Waals surface area (Å²) < 4.78 is 7.38. The summed E-state index contributed by atoms with van der Waals surface area (Å²) in [5.41, 5.74) is 2.10. The predicted octanol–water partition coefficient (Wildman–Crippen LogP) is 4.78. The molecule has 0 spiro atoms. The molecule has 0 radical (unpaired) electrons. The third-order valence-electron chi connectivity index (χ3n) is 4.95. The summed E-state index contributed by atoms with van der Waals surface area (Å²) in [5, 5.41) is 2.98. The molecule has 2 aromatic carbocycles. The van der Waals surface area contributed by atoms with Crippen LogP contribution in [0.5, 0.6) is 5.75 Å². The summed E-state index contributed by atoms with van der Waals surface area (Å²) in [7, 11) is 0. The van der Waals surface area contributed by atoms with Gasteiger partial charge in [0, 0.05) is 28.9 Å². The van der Waals surface area contributed by atoms with Crippen molar-refractivity contribution in [2.45, 2.75) is 32.8 Å². The Hall–Kier alpha value is -3.45. The van der Waals surface area contributed by atoms with E-state index in [1.54, 1.807) is 12.3 Å². The van der Waals surface area contributed by atoms with E-state index in [1.807, 2.05) is 62.4 Å². The molecule has 2 heterocycles. The zero-order chi connectivity index (χ0) is 21.8.